The Bertz CT molecular complexity index is 1050. The minimum Gasteiger partial charge on any atom is -0.457 e. The van der Waals surface area contributed by atoms with Crippen LogP contribution < -0.4 is 10.1 Å². The highest BCUT2D eigenvalue weighted by molar-refractivity contribution is 9.12. The molecule has 0 spiro atoms. The van der Waals surface area contributed by atoms with Crippen LogP contribution >= 0.6 is 31.9 Å². The molecular formula is C24H22Br2N2O6. The summed E-state index contributed by atoms with van der Waals surface area (Å²) in [5.41, 5.74) is 0.504. The summed E-state index contributed by atoms with van der Waals surface area (Å²) in [6.45, 7) is -1.03. The summed E-state index contributed by atoms with van der Waals surface area (Å²) in [5, 5.41) is 2.62. The summed E-state index contributed by atoms with van der Waals surface area (Å²) in [6.07, 6.45) is 1.04. The Hall–Kier alpha value is -2.72. The van der Waals surface area contributed by atoms with Crippen molar-refractivity contribution in [2.75, 3.05) is 18.5 Å². The van der Waals surface area contributed by atoms with E-state index in [1.54, 1.807) is 24.3 Å². The fourth-order valence-corrected chi connectivity index (χ4v) is 5.31. The first-order valence-electron chi connectivity index (χ1n) is 10.7. The molecule has 4 atom stereocenters. The molecule has 3 amide bonds. The average molecular weight is 594 g/mol. The number of para-hydroxylation sites is 1. The number of nitrogens with zero attached hydrogens (tertiary/aromatic N) is 1. The number of halogens is 2. The van der Waals surface area contributed by atoms with Gasteiger partial charge in [0.15, 0.2) is 6.61 Å². The quantitative estimate of drug-likeness (QED) is 0.297. The van der Waals surface area contributed by atoms with E-state index in [0.29, 0.717) is 30.0 Å². The van der Waals surface area contributed by atoms with Crippen LogP contribution in [0.15, 0.2) is 54.6 Å². The molecule has 0 radical (unpaired) electrons. The van der Waals surface area contributed by atoms with Gasteiger partial charge in [-0.2, -0.15) is 0 Å². The van der Waals surface area contributed by atoms with Crippen LogP contribution in [0.1, 0.15) is 12.8 Å². The van der Waals surface area contributed by atoms with Crippen molar-refractivity contribution in [1.29, 1.82) is 0 Å². The number of nitrogens with one attached hydrogen (secondary N) is 1. The number of anilines is 1. The predicted molar refractivity (Wildman–Crippen MR) is 131 cm³/mol. The summed E-state index contributed by atoms with van der Waals surface area (Å²) < 4.78 is 10.7. The van der Waals surface area contributed by atoms with Gasteiger partial charge in [-0.15, -0.1) is 0 Å². The Morgan fingerprint density at radius 1 is 0.882 bits per heavy atom. The lowest BCUT2D eigenvalue weighted by Crippen LogP contribution is -2.37. The highest BCUT2D eigenvalue weighted by Crippen LogP contribution is 2.43. The molecule has 10 heteroatoms. The topological polar surface area (TPSA) is 102 Å². The van der Waals surface area contributed by atoms with Crippen molar-refractivity contribution in [3.8, 4) is 11.5 Å². The fourth-order valence-electron chi connectivity index (χ4n) is 4.07. The standard InChI is InChI=1S/C24H22Br2N2O6/c25-19-10-17-18(11-20(19)26)24(32)28(23(17)31)12-22(30)33-13-21(29)27-14-6-8-16(9-7-14)34-15-4-2-1-3-5-15/h1-9,17-20H,10-13H2,(H,27,29)/t17-,18-,19-,20+/m1/s1. The summed E-state index contributed by atoms with van der Waals surface area (Å²) in [5.74, 6) is -1.65. The molecule has 0 aromatic heterocycles. The average Bonchev–Trinajstić information content (AvgIpc) is 3.04. The molecule has 2 aliphatic rings. The van der Waals surface area contributed by atoms with Gasteiger partial charge in [0.25, 0.3) is 5.91 Å². The van der Waals surface area contributed by atoms with Crippen LogP contribution in [0.3, 0.4) is 0 Å². The molecule has 1 aliphatic carbocycles. The molecule has 4 rings (SSSR count). The van der Waals surface area contributed by atoms with E-state index in [1.807, 2.05) is 30.3 Å². The van der Waals surface area contributed by atoms with Crippen LogP contribution in [0.2, 0.25) is 0 Å². The largest absolute Gasteiger partial charge is 0.457 e. The summed E-state index contributed by atoms with van der Waals surface area (Å²) >= 11 is 7.05. The number of alkyl halides is 2. The lowest BCUT2D eigenvalue weighted by Gasteiger charge is -2.29. The zero-order valence-corrected chi connectivity index (χ0v) is 21.2. The maximum atomic E-state index is 12.6. The molecule has 2 fully saturated rings. The van der Waals surface area contributed by atoms with Crippen molar-refractivity contribution in [2.45, 2.75) is 22.5 Å². The third-order valence-corrected chi connectivity index (χ3v) is 8.50. The lowest BCUT2D eigenvalue weighted by atomic mass is 9.81. The van der Waals surface area contributed by atoms with Gasteiger partial charge in [0, 0.05) is 15.3 Å². The van der Waals surface area contributed by atoms with E-state index < -0.39 is 36.9 Å². The number of hydrogen-bond acceptors (Lipinski definition) is 6. The number of esters is 1. The van der Waals surface area contributed by atoms with E-state index in [9.17, 15) is 19.2 Å². The van der Waals surface area contributed by atoms with Crippen molar-refractivity contribution < 1.29 is 28.7 Å². The van der Waals surface area contributed by atoms with Crippen molar-refractivity contribution in [1.82, 2.24) is 4.90 Å². The Morgan fingerprint density at radius 2 is 1.44 bits per heavy atom. The Kier molecular flexibility index (Phi) is 7.67. The molecule has 1 aliphatic heterocycles. The first kappa shape index (κ1) is 24.4. The van der Waals surface area contributed by atoms with E-state index in [4.69, 9.17) is 9.47 Å². The predicted octanol–water partition coefficient (Wildman–Crippen LogP) is 3.88. The molecular weight excluding hydrogens is 572 g/mol. The molecule has 0 unspecified atom stereocenters. The summed E-state index contributed by atoms with van der Waals surface area (Å²) in [6, 6.07) is 16.0. The van der Waals surface area contributed by atoms with E-state index in [2.05, 4.69) is 37.2 Å². The van der Waals surface area contributed by atoms with Crippen LogP contribution in [-0.4, -0.2) is 51.4 Å². The molecule has 1 saturated carbocycles. The van der Waals surface area contributed by atoms with Gasteiger partial charge in [-0.1, -0.05) is 50.1 Å². The van der Waals surface area contributed by atoms with Crippen molar-refractivity contribution in [2.24, 2.45) is 11.8 Å². The first-order valence-corrected chi connectivity index (χ1v) is 12.6. The maximum absolute atomic E-state index is 12.6. The van der Waals surface area contributed by atoms with Gasteiger partial charge in [0.05, 0.1) is 11.8 Å². The van der Waals surface area contributed by atoms with Gasteiger partial charge in [-0.25, -0.2) is 0 Å². The van der Waals surface area contributed by atoms with Crippen molar-refractivity contribution >= 4 is 61.2 Å². The SMILES string of the molecule is O=C(COC(=O)CN1C(=O)[C@@H]2C[C@@H](Br)[C@@H](Br)C[C@H]2C1=O)Nc1ccc(Oc2ccccc2)cc1. The van der Waals surface area contributed by atoms with E-state index >= 15 is 0 Å². The van der Waals surface area contributed by atoms with Gasteiger partial charge in [-0.05, 0) is 49.2 Å². The molecule has 178 valence electrons. The number of amides is 3. The van der Waals surface area contributed by atoms with Crippen molar-refractivity contribution in [3.05, 3.63) is 54.6 Å². The molecule has 34 heavy (non-hydrogen) atoms. The highest BCUT2D eigenvalue weighted by Gasteiger charge is 2.52. The van der Waals surface area contributed by atoms with Gasteiger partial charge in [-0.3, -0.25) is 24.1 Å². The third kappa shape index (κ3) is 5.67. The smallest absolute Gasteiger partial charge is 0.326 e. The number of hydrogen-bond donors (Lipinski definition) is 1. The van der Waals surface area contributed by atoms with Crippen LogP contribution in [0.5, 0.6) is 11.5 Å². The molecule has 1 saturated heterocycles. The second-order valence-corrected chi connectivity index (χ2v) is 10.5. The second kappa shape index (κ2) is 10.7. The molecule has 0 bridgehead atoms. The van der Waals surface area contributed by atoms with Crippen LogP contribution in [0, 0.1) is 11.8 Å². The molecule has 1 heterocycles. The molecule has 2 aromatic rings. The van der Waals surface area contributed by atoms with E-state index in [0.717, 1.165) is 4.90 Å². The number of imide groups is 1. The number of rotatable bonds is 7. The number of ether oxygens (including phenoxy) is 2. The molecule has 1 N–H and O–H groups in total. The zero-order chi connectivity index (χ0) is 24.2. The summed E-state index contributed by atoms with van der Waals surface area (Å²) in [4.78, 5) is 50.8. The monoisotopic (exact) mass is 592 g/mol. The van der Waals surface area contributed by atoms with E-state index in [-0.39, 0.29) is 21.5 Å². The second-order valence-electron chi connectivity index (χ2n) is 8.13. The summed E-state index contributed by atoms with van der Waals surface area (Å²) in [7, 11) is 0. The van der Waals surface area contributed by atoms with Gasteiger partial charge < -0.3 is 14.8 Å². The van der Waals surface area contributed by atoms with E-state index in [1.165, 1.54) is 0 Å². The number of carbonyl (C=O) groups excluding carboxylic acids is 4. The third-order valence-electron chi connectivity index (χ3n) is 5.77. The first-order chi connectivity index (χ1) is 16.3. The lowest BCUT2D eigenvalue weighted by molar-refractivity contribution is -0.154. The minimum atomic E-state index is -0.812. The van der Waals surface area contributed by atoms with Gasteiger partial charge in [0.2, 0.25) is 11.8 Å². The number of likely N-dealkylation sites (tertiary alicyclic amines) is 1. The van der Waals surface area contributed by atoms with Crippen LogP contribution in [0.25, 0.3) is 0 Å². The number of carbonyl (C=O) groups is 4. The highest BCUT2D eigenvalue weighted by atomic mass is 79.9. The van der Waals surface area contributed by atoms with Gasteiger partial charge in [0.1, 0.15) is 18.0 Å². The Balaban J connectivity index is 1.24. The Morgan fingerprint density at radius 3 is 2.03 bits per heavy atom. The van der Waals surface area contributed by atoms with Gasteiger partial charge >= 0.3 is 5.97 Å². The molecule has 8 nitrogen and oxygen atoms in total. The number of benzene rings is 2. The normalized spacial score (nSPS) is 23.9. The minimum absolute atomic E-state index is 0.0834. The molecule has 2 aromatic carbocycles. The van der Waals surface area contributed by atoms with Crippen molar-refractivity contribution in [3.63, 3.8) is 0 Å². The Labute approximate surface area is 213 Å². The zero-order valence-electron chi connectivity index (χ0n) is 18.0. The van der Waals surface area contributed by atoms with Crippen LogP contribution in [0.4, 0.5) is 5.69 Å². The maximum Gasteiger partial charge on any atom is 0.326 e. The fraction of sp³-hybridized carbons (Fsp3) is 0.333. The number of fused-ring (bicyclic) bond motifs is 1. The van der Waals surface area contributed by atoms with Crippen LogP contribution in [-0.2, 0) is 23.9 Å².